The largest absolute Gasteiger partial charge is 0.467 e. The molecule has 1 atom stereocenters. The van der Waals surface area contributed by atoms with E-state index in [1.165, 1.54) is 15.9 Å². The average molecular weight is 458 g/mol. The summed E-state index contributed by atoms with van der Waals surface area (Å²) in [5.41, 5.74) is -1.05. The maximum absolute atomic E-state index is 14.9. The van der Waals surface area contributed by atoms with Crippen molar-refractivity contribution >= 4 is 40.5 Å². The highest BCUT2D eigenvalue weighted by atomic mass is 35.5. The zero-order valence-electron chi connectivity index (χ0n) is 17.4. The van der Waals surface area contributed by atoms with Crippen molar-refractivity contribution < 1.29 is 32.6 Å². The van der Waals surface area contributed by atoms with Crippen molar-refractivity contribution in [1.29, 1.82) is 0 Å². The molecule has 2 amide bonds. The molecule has 0 saturated carbocycles. The Labute approximate surface area is 182 Å². The molecule has 168 valence electrons. The third-order valence-corrected chi connectivity index (χ3v) is 5.15. The predicted molar refractivity (Wildman–Crippen MR) is 108 cm³/mol. The van der Waals surface area contributed by atoms with Crippen LogP contribution in [0, 0.1) is 11.6 Å². The van der Waals surface area contributed by atoms with Gasteiger partial charge in [0.05, 0.1) is 29.6 Å². The molecule has 0 aliphatic carbocycles. The van der Waals surface area contributed by atoms with E-state index in [1.54, 1.807) is 20.8 Å². The first-order valence-corrected chi connectivity index (χ1v) is 9.84. The van der Waals surface area contributed by atoms with Crippen molar-refractivity contribution in [2.75, 3.05) is 26.7 Å². The van der Waals surface area contributed by atoms with Gasteiger partial charge in [-0.2, -0.15) is 0 Å². The van der Waals surface area contributed by atoms with Gasteiger partial charge in [-0.3, -0.25) is 9.69 Å². The van der Waals surface area contributed by atoms with Gasteiger partial charge in [0.1, 0.15) is 17.1 Å². The lowest BCUT2D eigenvalue weighted by Crippen LogP contribution is -2.60. The van der Waals surface area contributed by atoms with Crippen LogP contribution in [0.5, 0.6) is 0 Å². The lowest BCUT2D eigenvalue weighted by molar-refractivity contribution is -0.148. The number of hydrogen-bond acceptors (Lipinski definition) is 5. The Bertz CT molecular complexity index is 1050. The normalized spacial score (nSPS) is 17.1. The van der Waals surface area contributed by atoms with Gasteiger partial charge in [-0.05, 0) is 32.9 Å². The SMILES string of the molecule is COC(=O)C1CN(C(=O)c2[nH]c3ccc(F)c(Cl)c3c2F)CCN1C(=O)OC(C)(C)C. The minimum absolute atomic E-state index is 0.0163. The fraction of sp³-hybridized carbons (Fsp3) is 0.450. The number of methoxy groups -OCH3 is 1. The topological polar surface area (TPSA) is 91.9 Å². The number of H-pyrrole nitrogens is 1. The number of piperazine rings is 1. The quantitative estimate of drug-likeness (QED) is 0.698. The summed E-state index contributed by atoms with van der Waals surface area (Å²) in [5.74, 6) is -3.31. The number of benzene rings is 1. The highest BCUT2D eigenvalue weighted by Gasteiger charge is 2.40. The lowest BCUT2D eigenvalue weighted by Gasteiger charge is -2.40. The van der Waals surface area contributed by atoms with Gasteiger partial charge < -0.3 is 19.4 Å². The zero-order valence-corrected chi connectivity index (χ0v) is 18.2. The second kappa shape index (κ2) is 8.33. The van der Waals surface area contributed by atoms with Gasteiger partial charge in [0, 0.05) is 13.1 Å². The highest BCUT2D eigenvalue weighted by Crippen LogP contribution is 2.31. The molecule has 1 aliphatic heterocycles. The van der Waals surface area contributed by atoms with E-state index in [0.717, 1.165) is 13.2 Å². The first-order chi connectivity index (χ1) is 14.4. The van der Waals surface area contributed by atoms with Crippen molar-refractivity contribution in [3.8, 4) is 0 Å². The Kier molecular flexibility index (Phi) is 6.13. The molecule has 0 bridgehead atoms. The summed E-state index contributed by atoms with van der Waals surface area (Å²) < 4.78 is 38.7. The highest BCUT2D eigenvalue weighted by molar-refractivity contribution is 6.35. The molecule has 1 aromatic heterocycles. The zero-order chi connectivity index (χ0) is 23.1. The van der Waals surface area contributed by atoms with Gasteiger partial charge in [-0.15, -0.1) is 0 Å². The number of fused-ring (bicyclic) bond motifs is 1. The molecule has 0 spiro atoms. The number of hydrogen-bond donors (Lipinski definition) is 1. The van der Waals surface area contributed by atoms with Crippen LogP contribution in [0.15, 0.2) is 12.1 Å². The Morgan fingerprint density at radius 2 is 1.87 bits per heavy atom. The molecule has 1 aliphatic rings. The molecule has 1 aromatic carbocycles. The van der Waals surface area contributed by atoms with Crippen LogP contribution in [-0.2, 0) is 14.3 Å². The number of amides is 2. The van der Waals surface area contributed by atoms with Crippen LogP contribution < -0.4 is 0 Å². The standard InChI is InChI=1S/C20H22ClF2N3O5/c1-20(2,3)31-19(29)26-8-7-25(9-12(26)18(28)30-4)17(27)16-15(23)13-11(24-16)6-5-10(22)14(13)21/h5-6,12,24H,7-9H2,1-4H3. The molecule has 0 radical (unpaired) electrons. The fourth-order valence-electron chi connectivity index (χ4n) is 3.33. The van der Waals surface area contributed by atoms with E-state index in [-0.39, 0.29) is 30.5 Å². The van der Waals surface area contributed by atoms with Crippen molar-refractivity contribution in [3.63, 3.8) is 0 Å². The first-order valence-electron chi connectivity index (χ1n) is 9.46. The van der Waals surface area contributed by atoms with Crippen LogP contribution in [0.4, 0.5) is 13.6 Å². The van der Waals surface area contributed by atoms with Crippen molar-refractivity contribution in [2.24, 2.45) is 0 Å². The number of nitrogens with zero attached hydrogens (tertiary/aromatic N) is 2. The van der Waals surface area contributed by atoms with E-state index in [1.807, 2.05) is 0 Å². The predicted octanol–water partition coefficient (Wildman–Crippen LogP) is 3.33. The second-order valence-corrected chi connectivity index (χ2v) is 8.44. The number of esters is 1. The molecular formula is C20H22ClF2N3O5. The lowest BCUT2D eigenvalue weighted by atomic mass is 10.1. The minimum atomic E-state index is -1.13. The van der Waals surface area contributed by atoms with Crippen molar-refractivity contribution in [2.45, 2.75) is 32.4 Å². The first kappa shape index (κ1) is 22.8. The van der Waals surface area contributed by atoms with Crippen LogP contribution in [0.3, 0.4) is 0 Å². The summed E-state index contributed by atoms with van der Waals surface area (Å²) in [6, 6.07) is 1.20. The Balaban J connectivity index is 1.88. The summed E-state index contributed by atoms with van der Waals surface area (Å²) >= 11 is 5.85. The number of aromatic nitrogens is 1. The third-order valence-electron chi connectivity index (χ3n) is 4.78. The molecule has 1 saturated heterocycles. The molecule has 31 heavy (non-hydrogen) atoms. The van der Waals surface area contributed by atoms with Gasteiger partial charge in [0.2, 0.25) is 0 Å². The Morgan fingerprint density at radius 1 is 1.19 bits per heavy atom. The number of halogens is 3. The van der Waals surface area contributed by atoms with Gasteiger partial charge in [0.25, 0.3) is 5.91 Å². The smallest absolute Gasteiger partial charge is 0.411 e. The maximum Gasteiger partial charge on any atom is 0.411 e. The third kappa shape index (κ3) is 4.43. The summed E-state index contributed by atoms with van der Waals surface area (Å²) in [6.45, 7) is 4.81. The monoisotopic (exact) mass is 457 g/mol. The molecule has 1 fully saturated rings. The van der Waals surface area contributed by atoms with Gasteiger partial charge >= 0.3 is 12.1 Å². The number of carbonyl (C=O) groups is 3. The number of ether oxygens (including phenoxy) is 2. The van der Waals surface area contributed by atoms with Gasteiger partial charge in [-0.25, -0.2) is 18.4 Å². The van der Waals surface area contributed by atoms with E-state index in [2.05, 4.69) is 4.98 Å². The maximum atomic E-state index is 14.9. The molecule has 3 rings (SSSR count). The Morgan fingerprint density at radius 3 is 2.48 bits per heavy atom. The van der Waals surface area contributed by atoms with E-state index >= 15 is 0 Å². The number of aromatic amines is 1. The van der Waals surface area contributed by atoms with E-state index in [4.69, 9.17) is 21.1 Å². The molecule has 1 N–H and O–H groups in total. The molecule has 1 unspecified atom stereocenters. The van der Waals surface area contributed by atoms with E-state index in [9.17, 15) is 23.2 Å². The van der Waals surface area contributed by atoms with Gasteiger partial charge in [-0.1, -0.05) is 11.6 Å². The van der Waals surface area contributed by atoms with Crippen LogP contribution in [0.2, 0.25) is 5.02 Å². The minimum Gasteiger partial charge on any atom is -0.467 e. The molecule has 11 heteroatoms. The Hall–Kier alpha value is -2.88. The molecule has 2 heterocycles. The molecule has 2 aromatic rings. The van der Waals surface area contributed by atoms with Crippen molar-refractivity contribution in [1.82, 2.24) is 14.8 Å². The average Bonchev–Trinajstić information content (AvgIpc) is 3.04. The van der Waals surface area contributed by atoms with Crippen LogP contribution in [0.1, 0.15) is 31.3 Å². The summed E-state index contributed by atoms with van der Waals surface area (Å²) in [6.07, 6.45) is -0.728. The summed E-state index contributed by atoms with van der Waals surface area (Å²) in [5, 5.41) is -0.672. The fourth-order valence-corrected chi connectivity index (χ4v) is 3.58. The van der Waals surface area contributed by atoms with Crippen LogP contribution >= 0.6 is 11.6 Å². The second-order valence-electron chi connectivity index (χ2n) is 8.06. The van der Waals surface area contributed by atoms with Gasteiger partial charge in [0.15, 0.2) is 11.9 Å². The molecule has 8 nitrogen and oxygen atoms in total. The number of nitrogens with one attached hydrogen (secondary N) is 1. The molecular weight excluding hydrogens is 436 g/mol. The van der Waals surface area contributed by atoms with E-state index < -0.39 is 52.0 Å². The van der Waals surface area contributed by atoms with Crippen molar-refractivity contribution in [3.05, 3.63) is 34.5 Å². The summed E-state index contributed by atoms with van der Waals surface area (Å²) in [7, 11) is 1.16. The number of carbonyl (C=O) groups excluding carboxylic acids is 3. The van der Waals surface area contributed by atoms with Crippen LogP contribution in [-0.4, -0.2) is 71.1 Å². The summed E-state index contributed by atoms with van der Waals surface area (Å²) in [4.78, 5) is 42.8. The number of rotatable bonds is 2. The van der Waals surface area contributed by atoms with Crippen LogP contribution in [0.25, 0.3) is 10.9 Å². The van der Waals surface area contributed by atoms with E-state index in [0.29, 0.717) is 0 Å².